The molecule has 1 aliphatic heterocycles. The van der Waals surface area contributed by atoms with Gasteiger partial charge in [-0.2, -0.15) is 0 Å². The van der Waals surface area contributed by atoms with E-state index in [1.165, 1.54) is 25.7 Å². The fourth-order valence-electron chi connectivity index (χ4n) is 3.62. The molecule has 2 aliphatic rings. The Morgan fingerprint density at radius 3 is 2.29 bits per heavy atom. The molecule has 1 atom stereocenters. The Bertz CT molecular complexity index is 437. The molecule has 1 aliphatic carbocycles. The first kappa shape index (κ1) is 15.3. The smallest absolute Gasteiger partial charge is 0.0916 e. The summed E-state index contributed by atoms with van der Waals surface area (Å²) >= 11 is 5.89. The first-order chi connectivity index (χ1) is 10.2. The standard InChI is InChI=1S/C17H25ClN2O/c18-15-7-5-14(6-8-15)17(21)13-19-9-11-20(12-10-19)16-3-1-2-4-16/h5-8,16-17,21H,1-4,9-13H2. The SMILES string of the molecule is OC(CN1CCN(C2CCCC2)CC1)c1ccc(Cl)cc1. The lowest BCUT2D eigenvalue weighted by Gasteiger charge is -2.38. The molecule has 1 heterocycles. The summed E-state index contributed by atoms with van der Waals surface area (Å²) in [6.07, 6.45) is 5.15. The van der Waals surface area contributed by atoms with E-state index in [9.17, 15) is 5.11 Å². The van der Waals surface area contributed by atoms with E-state index < -0.39 is 6.10 Å². The van der Waals surface area contributed by atoms with Gasteiger partial charge in [0.2, 0.25) is 0 Å². The number of aliphatic hydroxyl groups is 1. The van der Waals surface area contributed by atoms with Gasteiger partial charge in [-0.25, -0.2) is 0 Å². The van der Waals surface area contributed by atoms with Gasteiger partial charge < -0.3 is 5.11 Å². The average Bonchev–Trinajstić information content (AvgIpc) is 3.03. The van der Waals surface area contributed by atoms with Crippen molar-refractivity contribution in [3.05, 3.63) is 34.9 Å². The Morgan fingerprint density at radius 2 is 1.67 bits per heavy atom. The largest absolute Gasteiger partial charge is 0.387 e. The van der Waals surface area contributed by atoms with Crippen LogP contribution in [-0.4, -0.2) is 53.7 Å². The minimum absolute atomic E-state index is 0.416. The van der Waals surface area contributed by atoms with Gasteiger partial charge in [-0.05, 0) is 30.5 Å². The number of hydrogen-bond donors (Lipinski definition) is 1. The summed E-state index contributed by atoms with van der Waals surface area (Å²) in [5.41, 5.74) is 0.956. The lowest BCUT2D eigenvalue weighted by atomic mass is 10.1. The number of benzene rings is 1. The molecule has 0 bridgehead atoms. The minimum atomic E-state index is -0.416. The van der Waals surface area contributed by atoms with Gasteiger partial charge in [0, 0.05) is 43.8 Å². The van der Waals surface area contributed by atoms with Gasteiger partial charge in [-0.1, -0.05) is 36.6 Å². The third kappa shape index (κ3) is 3.98. The number of nitrogens with zero attached hydrogens (tertiary/aromatic N) is 2. The van der Waals surface area contributed by atoms with Crippen molar-refractivity contribution >= 4 is 11.6 Å². The van der Waals surface area contributed by atoms with Gasteiger partial charge in [0.25, 0.3) is 0 Å². The highest BCUT2D eigenvalue weighted by Crippen LogP contribution is 2.25. The van der Waals surface area contributed by atoms with Crippen molar-refractivity contribution in [2.45, 2.75) is 37.8 Å². The fourth-order valence-corrected chi connectivity index (χ4v) is 3.74. The van der Waals surface area contributed by atoms with E-state index in [0.29, 0.717) is 0 Å². The molecule has 1 N–H and O–H groups in total. The van der Waals surface area contributed by atoms with Gasteiger partial charge in [-0.15, -0.1) is 0 Å². The van der Waals surface area contributed by atoms with E-state index >= 15 is 0 Å². The maximum absolute atomic E-state index is 10.3. The van der Waals surface area contributed by atoms with Crippen molar-refractivity contribution < 1.29 is 5.11 Å². The Labute approximate surface area is 132 Å². The highest BCUT2D eigenvalue weighted by Gasteiger charge is 2.26. The zero-order valence-electron chi connectivity index (χ0n) is 12.5. The van der Waals surface area contributed by atoms with Gasteiger partial charge in [0.1, 0.15) is 0 Å². The van der Waals surface area contributed by atoms with Crippen molar-refractivity contribution in [2.75, 3.05) is 32.7 Å². The second-order valence-electron chi connectivity index (χ2n) is 6.34. The van der Waals surface area contributed by atoms with Gasteiger partial charge >= 0.3 is 0 Å². The Morgan fingerprint density at radius 1 is 1.05 bits per heavy atom. The highest BCUT2D eigenvalue weighted by molar-refractivity contribution is 6.30. The maximum atomic E-state index is 10.3. The van der Waals surface area contributed by atoms with Crippen LogP contribution < -0.4 is 0 Å². The molecule has 0 aromatic heterocycles. The zero-order valence-corrected chi connectivity index (χ0v) is 13.3. The first-order valence-electron chi connectivity index (χ1n) is 8.12. The molecule has 0 spiro atoms. The normalized spacial score (nSPS) is 23.5. The van der Waals surface area contributed by atoms with Crippen LogP contribution in [0.2, 0.25) is 5.02 Å². The molecule has 4 heteroatoms. The molecule has 116 valence electrons. The monoisotopic (exact) mass is 308 g/mol. The van der Waals surface area contributed by atoms with Gasteiger partial charge in [-0.3, -0.25) is 9.80 Å². The predicted molar refractivity (Wildman–Crippen MR) is 86.7 cm³/mol. The van der Waals surface area contributed by atoms with Crippen molar-refractivity contribution in [3.63, 3.8) is 0 Å². The van der Waals surface area contributed by atoms with Crippen LogP contribution in [0.1, 0.15) is 37.4 Å². The molecular formula is C17H25ClN2O. The summed E-state index contributed by atoms with van der Waals surface area (Å²) < 4.78 is 0. The summed E-state index contributed by atoms with van der Waals surface area (Å²) in [4.78, 5) is 5.03. The number of aliphatic hydroxyl groups excluding tert-OH is 1. The number of halogens is 1. The summed E-state index contributed by atoms with van der Waals surface area (Å²) in [6, 6.07) is 8.35. The molecule has 1 aromatic rings. The van der Waals surface area contributed by atoms with Crippen molar-refractivity contribution in [3.8, 4) is 0 Å². The quantitative estimate of drug-likeness (QED) is 0.926. The maximum Gasteiger partial charge on any atom is 0.0916 e. The summed E-state index contributed by atoms with van der Waals surface area (Å²) in [7, 11) is 0. The van der Waals surface area contributed by atoms with Crippen molar-refractivity contribution in [1.29, 1.82) is 0 Å². The Hall–Kier alpha value is -0.610. The van der Waals surface area contributed by atoms with Crippen LogP contribution in [0.3, 0.4) is 0 Å². The summed E-state index contributed by atoms with van der Waals surface area (Å²) in [5.74, 6) is 0. The Kier molecular flexibility index (Phi) is 5.17. The lowest BCUT2D eigenvalue weighted by molar-refractivity contribution is 0.0570. The van der Waals surface area contributed by atoms with Crippen LogP contribution in [0.15, 0.2) is 24.3 Å². The van der Waals surface area contributed by atoms with Crippen LogP contribution in [0.4, 0.5) is 0 Å². The predicted octanol–water partition coefficient (Wildman–Crippen LogP) is 2.93. The van der Waals surface area contributed by atoms with E-state index in [4.69, 9.17) is 11.6 Å². The molecule has 1 saturated carbocycles. The van der Waals surface area contributed by atoms with Crippen LogP contribution in [-0.2, 0) is 0 Å². The van der Waals surface area contributed by atoms with Gasteiger partial charge in [0.05, 0.1) is 6.10 Å². The third-order valence-corrected chi connectivity index (χ3v) is 5.19. The topological polar surface area (TPSA) is 26.7 Å². The minimum Gasteiger partial charge on any atom is -0.387 e. The number of rotatable bonds is 4. The molecule has 1 unspecified atom stereocenters. The third-order valence-electron chi connectivity index (χ3n) is 4.93. The van der Waals surface area contributed by atoms with E-state index in [1.54, 1.807) is 0 Å². The number of hydrogen-bond acceptors (Lipinski definition) is 3. The molecule has 0 amide bonds. The van der Waals surface area contributed by atoms with Gasteiger partial charge in [0.15, 0.2) is 0 Å². The van der Waals surface area contributed by atoms with Crippen LogP contribution in [0.25, 0.3) is 0 Å². The van der Waals surface area contributed by atoms with Crippen molar-refractivity contribution in [2.24, 2.45) is 0 Å². The lowest BCUT2D eigenvalue weighted by Crippen LogP contribution is -2.50. The fraction of sp³-hybridized carbons (Fsp3) is 0.647. The molecule has 2 fully saturated rings. The molecule has 3 nitrogen and oxygen atoms in total. The summed E-state index contributed by atoms with van der Waals surface area (Å²) in [5, 5.41) is 11.1. The van der Waals surface area contributed by atoms with E-state index in [2.05, 4.69) is 9.80 Å². The molecule has 1 aromatic carbocycles. The molecule has 21 heavy (non-hydrogen) atoms. The molecule has 3 rings (SSSR count). The number of piperazine rings is 1. The van der Waals surface area contributed by atoms with Crippen LogP contribution in [0.5, 0.6) is 0 Å². The van der Waals surface area contributed by atoms with Crippen molar-refractivity contribution in [1.82, 2.24) is 9.80 Å². The second kappa shape index (κ2) is 7.10. The van der Waals surface area contributed by atoms with E-state index in [1.807, 2.05) is 24.3 Å². The van der Waals surface area contributed by atoms with E-state index in [-0.39, 0.29) is 0 Å². The van der Waals surface area contributed by atoms with E-state index in [0.717, 1.165) is 49.4 Å². The molecule has 0 radical (unpaired) electrons. The second-order valence-corrected chi connectivity index (χ2v) is 6.78. The molecular weight excluding hydrogens is 284 g/mol. The highest BCUT2D eigenvalue weighted by atomic mass is 35.5. The van der Waals surface area contributed by atoms with Crippen LogP contribution in [0, 0.1) is 0 Å². The molecule has 1 saturated heterocycles. The zero-order chi connectivity index (χ0) is 14.7. The number of β-amino-alcohol motifs (C(OH)–C–C–N with tert-alkyl or cyclic N) is 1. The first-order valence-corrected chi connectivity index (χ1v) is 8.50. The summed E-state index contributed by atoms with van der Waals surface area (Å²) in [6.45, 7) is 5.17. The average molecular weight is 309 g/mol. The van der Waals surface area contributed by atoms with Crippen LogP contribution >= 0.6 is 11.6 Å². The Balaban J connectivity index is 1.47.